The molecule has 4 aromatic rings. The second-order valence-electron chi connectivity index (χ2n) is 6.85. The number of hydrogen-bond donors (Lipinski definition) is 0. The molecule has 0 N–H and O–H groups in total. The van der Waals surface area contributed by atoms with Crippen LogP contribution in [0.15, 0.2) is 121 Å². The van der Waals surface area contributed by atoms with Crippen molar-refractivity contribution in [2.24, 2.45) is 0 Å². The van der Waals surface area contributed by atoms with Gasteiger partial charge in [-0.2, -0.15) is 0 Å². The number of ether oxygens (including phenoxy) is 5. The van der Waals surface area contributed by atoms with E-state index in [2.05, 4.69) is 0 Å². The summed E-state index contributed by atoms with van der Waals surface area (Å²) >= 11 is 0. The molecule has 0 heterocycles. The molecule has 5 nitrogen and oxygen atoms in total. The van der Waals surface area contributed by atoms with Crippen molar-refractivity contribution in [3.8, 4) is 23.0 Å². The minimum atomic E-state index is -1.81. The molecule has 0 aromatic heterocycles. The van der Waals surface area contributed by atoms with Crippen LogP contribution in [-0.4, -0.2) is 19.4 Å². The van der Waals surface area contributed by atoms with Crippen LogP contribution in [0.25, 0.3) is 0 Å². The van der Waals surface area contributed by atoms with Gasteiger partial charge in [-0.25, -0.2) is 0 Å². The predicted molar refractivity (Wildman–Crippen MR) is 122 cm³/mol. The first kappa shape index (κ1) is 21.3. The van der Waals surface area contributed by atoms with Crippen molar-refractivity contribution in [2.75, 3.05) is 7.11 Å². The zero-order valence-corrected chi connectivity index (χ0v) is 17.7. The summed E-state index contributed by atoms with van der Waals surface area (Å²) in [5.41, 5.74) is 0. The third-order valence-corrected chi connectivity index (χ3v) is 4.50. The van der Waals surface area contributed by atoms with Crippen molar-refractivity contribution >= 4 is 0 Å². The van der Waals surface area contributed by atoms with Gasteiger partial charge < -0.3 is 23.7 Å². The fourth-order valence-corrected chi connectivity index (χ4v) is 3.05. The molecule has 0 aliphatic heterocycles. The Hall–Kier alpha value is -3.96. The van der Waals surface area contributed by atoms with Gasteiger partial charge in [-0.1, -0.05) is 72.8 Å². The Bertz CT molecular complexity index is 955. The van der Waals surface area contributed by atoms with Gasteiger partial charge in [0.25, 0.3) is 0 Å². The fraction of sp³-hybridized carbons (Fsp3) is 0.111. The van der Waals surface area contributed by atoms with Gasteiger partial charge in [0, 0.05) is 7.11 Å². The third kappa shape index (κ3) is 5.39. The van der Waals surface area contributed by atoms with E-state index in [-0.39, 0.29) is 0 Å². The lowest BCUT2D eigenvalue weighted by Crippen LogP contribution is -2.60. The Morgan fingerprint density at radius 3 is 1.09 bits per heavy atom. The van der Waals surface area contributed by atoms with Crippen molar-refractivity contribution in [1.82, 2.24) is 0 Å². The number of hydrogen-bond acceptors (Lipinski definition) is 5. The summed E-state index contributed by atoms with van der Waals surface area (Å²) in [6.07, 6.45) is -1.09. The van der Waals surface area contributed by atoms with Crippen molar-refractivity contribution in [2.45, 2.75) is 12.3 Å². The summed E-state index contributed by atoms with van der Waals surface area (Å²) in [4.78, 5) is 0. The first-order chi connectivity index (χ1) is 15.8. The summed E-state index contributed by atoms with van der Waals surface area (Å²) in [7, 11) is 1.51. The van der Waals surface area contributed by atoms with E-state index in [0.717, 1.165) is 0 Å². The SMILES string of the molecule is COC(Oc1ccccc1)C(Oc1ccccc1)(Oc1ccccc1)Oc1ccccc1. The molecular formula is C27H24O5. The molecule has 4 aromatic carbocycles. The number of benzene rings is 4. The number of rotatable bonds is 10. The lowest BCUT2D eigenvalue weighted by atomic mass is 10.3. The van der Waals surface area contributed by atoms with E-state index in [1.807, 2.05) is 121 Å². The van der Waals surface area contributed by atoms with Gasteiger partial charge in [0.1, 0.15) is 23.0 Å². The maximum atomic E-state index is 6.34. The smallest absolute Gasteiger partial charge is 0.453 e. The monoisotopic (exact) mass is 428 g/mol. The van der Waals surface area contributed by atoms with E-state index < -0.39 is 12.3 Å². The lowest BCUT2D eigenvalue weighted by molar-refractivity contribution is -0.348. The normalized spacial score (nSPS) is 11.9. The van der Waals surface area contributed by atoms with E-state index in [1.54, 1.807) is 0 Å². The van der Waals surface area contributed by atoms with Gasteiger partial charge in [-0.05, 0) is 48.5 Å². The van der Waals surface area contributed by atoms with Crippen molar-refractivity contribution in [3.05, 3.63) is 121 Å². The molecular weight excluding hydrogens is 404 g/mol. The predicted octanol–water partition coefficient (Wildman–Crippen LogP) is 5.93. The lowest BCUT2D eigenvalue weighted by Gasteiger charge is -2.37. The maximum absolute atomic E-state index is 6.34. The van der Waals surface area contributed by atoms with Crippen LogP contribution in [0.5, 0.6) is 23.0 Å². The van der Waals surface area contributed by atoms with Crippen LogP contribution in [0.3, 0.4) is 0 Å². The first-order valence-electron chi connectivity index (χ1n) is 10.2. The zero-order valence-electron chi connectivity index (χ0n) is 17.7. The van der Waals surface area contributed by atoms with Crippen LogP contribution >= 0.6 is 0 Å². The Labute approximate surface area is 187 Å². The molecule has 0 saturated heterocycles. The molecule has 32 heavy (non-hydrogen) atoms. The van der Waals surface area contributed by atoms with Crippen molar-refractivity contribution < 1.29 is 23.7 Å². The van der Waals surface area contributed by atoms with E-state index >= 15 is 0 Å². The van der Waals surface area contributed by atoms with Crippen LogP contribution in [-0.2, 0) is 4.74 Å². The summed E-state index contributed by atoms with van der Waals surface area (Å²) in [6.45, 7) is 0. The molecule has 0 radical (unpaired) electrons. The van der Waals surface area contributed by atoms with Crippen LogP contribution < -0.4 is 18.9 Å². The minimum absolute atomic E-state index is 0.526. The molecule has 0 fully saturated rings. The van der Waals surface area contributed by atoms with Gasteiger partial charge in [-0.3, -0.25) is 0 Å². The van der Waals surface area contributed by atoms with Gasteiger partial charge in [-0.15, -0.1) is 0 Å². The largest absolute Gasteiger partial charge is 0.484 e. The molecule has 0 bridgehead atoms. The molecule has 4 rings (SSSR count). The van der Waals surface area contributed by atoms with E-state index in [1.165, 1.54) is 7.11 Å². The van der Waals surface area contributed by atoms with E-state index in [9.17, 15) is 0 Å². The quantitative estimate of drug-likeness (QED) is 0.293. The van der Waals surface area contributed by atoms with Crippen LogP contribution in [0.1, 0.15) is 0 Å². The molecule has 0 aliphatic carbocycles. The zero-order chi connectivity index (χ0) is 22.1. The van der Waals surface area contributed by atoms with Crippen LogP contribution in [0.2, 0.25) is 0 Å². The second-order valence-corrected chi connectivity index (χ2v) is 6.85. The highest BCUT2D eigenvalue weighted by Gasteiger charge is 2.51. The Morgan fingerprint density at radius 1 is 0.469 bits per heavy atom. The van der Waals surface area contributed by atoms with Gasteiger partial charge in [0.15, 0.2) is 0 Å². The highest BCUT2D eigenvalue weighted by Crippen LogP contribution is 2.31. The third-order valence-electron chi connectivity index (χ3n) is 4.50. The summed E-state index contributed by atoms with van der Waals surface area (Å²) in [5, 5.41) is 0. The van der Waals surface area contributed by atoms with Crippen molar-refractivity contribution in [1.29, 1.82) is 0 Å². The summed E-state index contributed by atoms with van der Waals surface area (Å²) in [6, 6.07) is 37.1. The molecule has 1 unspecified atom stereocenters. The van der Waals surface area contributed by atoms with Crippen LogP contribution in [0.4, 0.5) is 0 Å². The Balaban J connectivity index is 1.79. The highest BCUT2D eigenvalue weighted by atomic mass is 16.9. The van der Waals surface area contributed by atoms with Crippen LogP contribution in [0, 0.1) is 0 Å². The van der Waals surface area contributed by atoms with E-state index in [0.29, 0.717) is 23.0 Å². The Kier molecular flexibility index (Phi) is 6.90. The molecule has 162 valence electrons. The minimum Gasteiger partial charge on any atom is -0.453 e. The summed E-state index contributed by atoms with van der Waals surface area (Å²) < 4.78 is 30.9. The highest BCUT2D eigenvalue weighted by molar-refractivity contribution is 5.27. The molecule has 5 heteroatoms. The molecule has 0 saturated carbocycles. The molecule has 0 aliphatic rings. The van der Waals surface area contributed by atoms with Gasteiger partial charge in [0.2, 0.25) is 0 Å². The average Bonchev–Trinajstić information content (AvgIpc) is 2.85. The van der Waals surface area contributed by atoms with Gasteiger partial charge in [0.05, 0.1) is 0 Å². The number of methoxy groups -OCH3 is 1. The second kappa shape index (κ2) is 10.4. The fourth-order valence-electron chi connectivity index (χ4n) is 3.05. The number of para-hydroxylation sites is 4. The van der Waals surface area contributed by atoms with E-state index in [4.69, 9.17) is 23.7 Å². The average molecular weight is 428 g/mol. The maximum Gasteiger partial charge on any atom is 0.484 e. The van der Waals surface area contributed by atoms with Gasteiger partial charge >= 0.3 is 12.3 Å². The van der Waals surface area contributed by atoms with Crippen molar-refractivity contribution in [3.63, 3.8) is 0 Å². The summed E-state index contributed by atoms with van der Waals surface area (Å²) in [5.74, 6) is 0.345. The molecule has 0 amide bonds. The molecule has 0 spiro atoms. The first-order valence-corrected chi connectivity index (χ1v) is 10.2. The Morgan fingerprint density at radius 2 is 0.781 bits per heavy atom. The molecule has 1 atom stereocenters. The standard InChI is InChI=1S/C27H24O5/c1-28-26(29-22-14-6-2-7-15-22)27(30-23-16-8-3-9-17-23,31-24-18-10-4-11-19-24)32-25-20-12-5-13-21-25/h2-21,26H,1H3. The topological polar surface area (TPSA) is 46.2 Å².